The molecule has 2 aromatic carbocycles. The SMILES string of the molecule is Cc1ccc(NNC(NC(=O)c2ccc(Cl)cc2Cl)(C(F)(F)F)C(F)(F)F)cc1C. The van der Waals surface area contributed by atoms with Gasteiger partial charge >= 0.3 is 18.0 Å². The topological polar surface area (TPSA) is 53.2 Å². The molecule has 30 heavy (non-hydrogen) atoms. The van der Waals surface area contributed by atoms with Crippen LogP contribution in [0.3, 0.4) is 0 Å². The zero-order valence-electron chi connectivity index (χ0n) is 15.4. The molecule has 0 fully saturated rings. The highest BCUT2D eigenvalue weighted by molar-refractivity contribution is 6.36. The molecular formula is C18H15Cl2F6N3O. The van der Waals surface area contributed by atoms with Crippen molar-refractivity contribution in [2.24, 2.45) is 0 Å². The van der Waals surface area contributed by atoms with Gasteiger partial charge in [0.05, 0.1) is 10.6 Å². The Hall–Kier alpha value is -2.17. The van der Waals surface area contributed by atoms with Crippen molar-refractivity contribution in [3.8, 4) is 0 Å². The molecule has 0 aliphatic heterocycles. The van der Waals surface area contributed by atoms with Crippen LogP contribution in [0, 0.1) is 13.8 Å². The van der Waals surface area contributed by atoms with Gasteiger partial charge in [0.25, 0.3) is 5.91 Å². The fourth-order valence-corrected chi connectivity index (χ4v) is 2.87. The number of amides is 1. The third-order valence-electron chi connectivity index (χ3n) is 4.23. The molecule has 4 nitrogen and oxygen atoms in total. The standard InChI is InChI=1S/C18H15Cl2F6N3O/c1-9-3-5-12(7-10(9)2)28-29-16(17(21,22)23,18(24,25)26)27-15(30)13-6-4-11(19)8-14(13)20/h3-8,28-29H,1-2H3,(H,27,30). The van der Waals surface area contributed by atoms with Crippen molar-refractivity contribution in [1.82, 2.24) is 10.7 Å². The molecule has 0 bridgehead atoms. The number of carbonyl (C=O) groups is 1. The van der Waals surface area contributed by atoms with Crippen LogP contribution in [0.2, 0.25) is 10.0 Å². The van der Waals surface area contributed by atoms with Crippen molar-refractivity contribution in [1.29, 1.82) is 0 Å². The Kier molecular flexibility index (Phi) is 6.85. The van der Waals surface area contributed by atoms with Crippen molar-refractivity contribution in [3.05, 3.63) is 63.1 Å². The molecule has 0 heterocycles. The average Bonchev–Trinajstić information content (AvgIpc) is 2.59. The Bertz CT molecular complexity index is 932. The number of rotatable bonds is 5. The second-order valence-corrected chi connectivity index (χ2v) is 7.22. The van der Waals surface area contributed by atoms with Gasteiger partial charge in [0.15, 0.2) is 0 Å². The predicted molar refractivity (Wildman–Crippen MR) is 101 cm³/mol. The van der Waals surface area contributed by atoms with E-state index in [1.54, 1.807) is 13.8 Å². The molecule has 0 atom stereocenters. The third kappa shape index (κ3) is 4.93. The van der Waals surface area contributed by atoms with E-state index in [0.717, 1.165) is 29.1 Å². The number of anilines is 1. The van der Waals surface area contributed by atoms with E-state index in [2.05, 4.69) is 0 Å². The van der Waals surface area contributed by atoms with Crippen LogP contribution in [-0.4, -0.2) is 23.9 Å². The Morgan fingerprint density at radius 2 is 1.47 bits per heavy atom. The Balaban J connectivity index is 2.44. The maximum atomic E-state index is 13.7. The lowest BCUT2D eigenvalue weighted by molar-refractivity contribution is -0.312. The zero-order chi connectivity index (χ0) is 22.9. The van der Waals surface area contributed by atoms with Crippen LogP contribution in [0.5, 0.6) is 0 Å². The van der Waals surface area contributed by atoms with Crippen LogP contribution in [0.1, 0.15) is 21.5 Å². The zero-order valence-corrected chi connectivity index (χ0v) is 16.9. The number of alkyl halides is 6. The molecule has 0 saturated carbocycles. The van der Waals surface area contributed by atoms with Crippen molar-refractivity contribution >= 4 is 34.8 Å². The van der Waals surface area contributed by atoms with Crippen molar-refractivity contribution < 1.29 is 31.1 Å². The Morgan fingerprint density at radius 3 is 1.97 bits per heavy atom. The van der Waals surface area contributed by atoms with E-state index >= 15 is 0 Å². The average molecular weight is 474 g/mol. The molecule has 0 radical (unpaired) electrons. The van der Waals surface area contributed by atoms with Gasteiger partial charge in [0.1, 0.15) is 0 Å². The second-order valence-electron chi connectivity index (χ2n) is 6.37. The second kappa shape index (κ2) is 8.52. The van der Waals surface area contributed by atoms with Gasteiger partial charge in [-0.15, -0.1) is 0 Å². The highest BCUT2D eigenvalue weighted by Crippen LogP contribution is 2.41. The summed E-state index contributed by atoms with van der Waals surface area (Å²) in [5, 5.41) is 0.622. The maximum Gasteiger partial charge on any atom is 0.436 e. The predicted octanol–water partition coefficient (Wildman–Crippen LogP) is 5.78. The molecule has 2 rings (SSSR count). The van der Waals surface area contributed by atoms with Crippen LogP contribution >= 0.6 is 23.2 Å². The first-order valence-electron chi connectivity index (χ1n) is 8.19. The van der Waals surface area contributed by atoms with E-state index in [1.807, 2.05) is 5.43 Å². The summed E-state index contributed by atoms with van der Waals surface area (Å²) >= 11 is 11.4. The monoisotopic (exact) mass is 473 g/mol. The molecular weight excluding hydrogens is 459 g/mol. The summed E-state index contributed by atoms with van der Waals surface area (Å²) in [4.78, 5) is 12.3. The summed E-state index contributed by atoms with van der Waals surface area (Å²) in [6, 6.07) is 7.17. The lowest BCUT2D eigenvalue weighted by atomic mass is 10.1. The number of halogens is 8. The molecule has 0 saturated heterocycles. The van der Waals surface area contributed by atoms with E-state index in [9.17, 15) is 31.1 Å². The summed E-state index contributed by atoms with van der Waals surface area (Å²) in [5.41, 5.74) is -1.01. The van der Waals surface area contributed by atoms with Crippen LogP contribution in [0.25, 0.3) is 0 Å². The molecule has 1 amide bonds. The number of benzene rings is 2. The minimum atomic E-state index is -5.98. The maximum absolute atomic E-state index is 13.7. The van der Waals surface area contributed by atoms with Crippen LogP contribution < -0.4 is 16.2 Å². The fourth-order valence-electron chi connectivity index (χ4n) is 2.37. The van der Waals surface area contributed by atoms with E-state index in [4.69, 9.17) is 23.2 Å². The molecule has 164 valence electrons. The number of nitrogens with one attached hydrogen (secondary N) is 3. The van der Waals surface area contributed by atoms with Crippen LogP contribution in [0.4, 0.5) is 32.0 Å². The van der Waals surface area contributed by atoms with Crippen LogP contribution in [-0.2, 0) is 0 Å². The summed E-state index contributed by atoms with van der Waals surface area (Å²) in [5.74, 6) is -1.71. The number of carbonyl (C=O) groups excluding carboxylic acids is 1. The van der Waals surface area contributed by atoms with Crippen molar-refractivity contribution in [2.75, 3.05) is 5.43 Å². The van der Waals surface area contributed by atoms with Crippen molar-refractivity contribution in [3.63, 3.8) is 0 Å². The molecule has 0 unspecified atom stereocenters. The first kappa shape index (κ1) is 24.1. The highest BCUT2D eigenvalue weighted by atomic mass is 35.5. The van der Waals surface area contributed by atoms with Gasteiger partial charge in [-0.2, -0.15) is 31.8 Å². The smallest absolute Gasteiger partial charge is 0.319 e. The Labute approximate surface area is 177 Å². The van der Waals surface area contributed by atoms with Crippen molar-refractivity contribution in [2.45, 2.75) is 31.9 Å². The van der Waals surface area contributed by atoms with Gasteiger partial charge in [0.2, 0.25) is 0 Å². The summed E-state index contributed by atoms with van der Waals surface area (Å²) in [7, 11) is 0. The summed E-state index contributed by atoms with van der Waals surface area (Å²) < 4.78 is 82.0. The van der Waals surface area contributed by atoms with E-state index in [1.165, 1.54) is 23.6 Å². The number of hydrogen-bond acceptors (Lipinski definition) is 3. The first-order chi connectivity index (χ1) is 13.7. The normalized spacial score (nSPS) is 12.6. The number of hydrogen-bond donors (Lipinski definition) is 3. The van der Waals surface area contributed by atoms with Gasteiger partial charge in [-0.3, -0.25) is 4.79 Å². The molecule has 2 aromatic rings. The van der Waals surface area contributed by atoms with Gasteiger partial charge < -0.3 is 10.7 Å². The highest BCUT2D eigenvalue weighted by Gasteiger charge is 2.72. The van der Waals surface area contributed by atoms with Gasteiger partial charge in [-0.1, -0.05) is 29.3 Å². The molecule has 0 aromatic heterocycles. The largest absolute Gasteiger partial charge is 0.436 e. The Morgan fingerprint density at radius 1 is 0.867 bits per heavy atom. The van der Waals surface area contributed by atoms with Gasteiger partial charge in [-0.25, -0.2) is 0 Å². The summed E-state index contributed by atoms with van der Waals surface area (Å²) in [6.07, 6.45) is -12.0. The fraction of sp³-hybridized carbons (Fsp3) is 0.278. The van der Waals surface area contributed by atoms with E-state index in [0.29, 0.717) is 5.56 Å². The molecule has 0 spiro atoms. The lowest BCUT2D eigenvalue weighted by Gasteiger charge is -2.38. The van der Waals surface area contributed by atoms with Gasteiger partial charge in [0, 0.05) is 10.7 Å². The number of aryl methyl sites for hydroxylation is 2. The minimum absolute atomic E-state index is 0.0454. The number of hydrazine groups is 1. The van der Waals surface area contributed by atoms with Gasteiger partial charge in [-0.05, 0) is 55.3 Å². The molecule has 0 aliphatic carbocycles. The van der Waals surface area contributed by atoms with Crippen LogP contribution in [0.15, 0.2) is 36.4 Å². The van der Waals surface area contributed by atoms with E-state index < -0.39 is 34.5 Å². The molecule has 12 heteroatoms. The molecule has 0 aliphatic rings. The molecule has 3 N–H and O–H groups in total. The summed E-state index contributed by atoms with van der Waals surface area (Å²) in [6.45, 7) is 3.35. The first-order valence-corrected chi connectivity index (χ1v) is 8.95. The van der Waals surface area contributed by atoms with E-state index in [-0.39, 0.29) is 10.7 Å². The quantitative estimate of drug-likeness (QED) is 0.293. The third-order valence-corrected chi connectivity index (χ3v) is 4.78. The minimum Gasteiger partial charge on any atom is -0.319 e. The lowest BCUT2D eigenvalue weighted by Crippen LogP contribution is -2.76.